The molecule has 0 aliphatic rings. The molecule has 0 aliphatic carbocycles. The summed E-state index contributed by atoms with van der Waals surface area (Å²) in [6.07, 6.45) is 0. The first-order valence-electron chi connectivity index (χ1n) is 9.93. The van der Waals surface area contributed by atoms with Gasteiger partial charge in [-0.05, 0) is 0 Å². The average molecular weight is 618 g/mol. The van der Waals surface area contributed by atoms with Gasteiger partial charge in [0.25, 0.3) is 0 Å². The molecule has 0 aliphatic heterocycles. The van der Waals surface area contributed by atoms with Crippen LogP contribution in [0.5, 0.6) is 0 Å². The Morgan fingerprint density at radius 2 is 0.733 bits per heavy atom. The molecular formula is C26H24I2N2-2. The molecular weight excluding hydrogens is 594 g/mol. The first kappa shape index (κ1) is 21.2. The van der Waals surface area contributed by atoms with Crippen molar-refractivity contribution in [1.82, 2.24) is 0 Å². The molecule has 0 amide bonds. The fraction of sp³-hybridized carbons (Fsp3) is 0.0769. The quantitative estimate of drug-likeness (QED) is 0.195. The van der Waals surface area contributed by atoms with Crippen molar-refractivity contribution in [3.05, 3.63) is 123 Å². The van der Waals surface area contributed by atoms with E-state index >= 15 is 0 Å². The monoisotopic (exact) mass is 618 g/mol. The molecule has 4 aromatic rings. The summed E-state index contributed by atoms with van der Waals surface area (Å²) >= 11 is -0.179. The van der Waals surface area contributed by atoms with Crippen LogP contribution in [0.3, 0.4) is 0 Å². The summed E-state index contributed by atoms with van der Waals surface area (Å²) in [4.78, 5) is 0. The van der Waals surface area contributed by atoms with Gasteiger partial charge in [-0.3, -0.25) is 0 Å². The Bertz CT molecular complexity index is 931. The number of benzene rings is 4. The van der Waals surface area contributed by atoms with Crippen LogP contribution in [0, 0.1) is 14.3 Å². The summed E-state index contributed by atoms with van der Waals surface area (Å²) in [6.45, 7) is 1.79. The maximum atomic E-state index is 3.51. The van der Waals surface area contributed by atoms with E-state index in [2.05, 4.69) is 120 Å². The van der Waals surface area contributed by atoms with Crippen molar-refractivity contribution in [2.24, 2.45) is 0 Å². The van der Waals surface area contributed by atoms with E-state index in [1.54, 1.807) is 0 Å². The summed E-state index contributed by atoms with van der Waals surface area (Å²) in [5, 5.41) is 7.01. The molecule has 4 aromatic carbocycles. The van der Waals surface area contributed by atoms with Crippen molar-refractivity contribution in [2.45, 2.75) is 0 Å². The molecule has 0 aromatic heterocycles. The number of anilines is 2. The van der Waals surface area contributed by atoms with Gasteiger partial charge >= 0.3 is 201 Å². The van der Waals surface area contributed by atoms with Gasteiger partial charge in [-0.15, -0.1) is 0 Å². The molecule has 0 bridgehead atoms. The number of hydrogen-bond donors (Lipinski definition) is 2. The van der Waals surface area contributed by atoms with Gasteiger partial charge in [0.15, 0.2) is 0 Å². The molecule has 0 atom stereocenters. The third kappa shape index (κ3) is 6.74. The summed E-state index contributed by atoms with van der Waals surface area (Å²) in [5.74, 6) is 0. The third-order valence-corrected chi connectivity index (χ3v) is 9.74. The minimum atomic E-state index is -0.0893. The zero-order valence-electron chi connectivity index (χ0n) is 16.6. The Hall–Kier alpha value is -2.06. The van der Waals surface area contributed by atoms with Gasteiger partial charge in [-0.25, -0.2) is 0 Å². The summed E-state index contributed by atoms with van der Waals surface area (Å²) in [7, 11) is 0. The number of hydrogen-bond acceptors (Lipinski definition) is 2. The molecule has 2 N–H and O–H groups in total. The molecule has 30 heavy (non-hydrogen) atoms. The predicted molar refractivity (Wildman–Crippen MR) is 118 cm³/mol. The third-order valence-electron chi connectivity index (χ3n) is 4.37. The first-order valence-corrected chi connectivity index (χ1v) is 14.2. The Labute approximate surface area is 199 Å². The van der Waals surface area contributed by atoms with Crippen LogP contribution in [-0.2, 0) is 0 Å². The van der Waals surface area contributed by atoms with Gasteiger partial charge in [-0.2, -0.15) is 0 Å². The first-order chi connectivity index (χ1) is 14.8. The molecule has 154 valence electrons. The number of rotatable bonds is 9. The normalized spacial score (nSPS) is 10.8. The van der Waals surface area contributed by atoms with E-state index in [1.165, 1.54) is 25.7 Å². The molecule has 0 spiro atoms. The topological polar surface area (TPSA) is 24.1 Å². The van der Waals surface area contributed by atoms with E-state index in [0.717, 1.165) is 13.1 Å². The van der Waals surface area contributed by atoms with Crippen LogP contribution in [0.2, 0.25) is 0 Å². The zero-order valence-corrected chi connectivity index (χ0v) is 20.9. The van der Waals surface area contributed by atoms with Gasteiger partial charge in [0.1, 0.15) is 0 Å². The predicted octanol–water partition coefficient (Wildman–Crippen LogP) is -0.533. The summed E-state index contributed by atoms with van der Waals surface area (Å²) < 4.78 is 5.81. The van der Waals surface area contributed by atoms with Crippen LogP contribution < -0.4 is 53.0 Å². The van der Waals surface area contributed by atoms with Gasteiger partial charge in [0, 0.05) is 0 Å². The van der Waals surface area contributed by atoms with Crippen LogP contribution in [-0.4, -0.2) is 13.1 Å². The molecule has 0 fully saturated rings. The Morgan fingerprint density at radius 3 is 1.10 bits per heavy atom. The van der Waals surface area contributed by atoms with Crippen LogP contribution in [0.1, 0.15) is 0 Å². The van der Waals surface area contributed by atoms with Crippen LogP contribution in [0.15, 0.2) is 109 Å². The minimum absolute atomic E-state index is 0.0893. The SMILES string of the molecule is c1ccc([I-]c2ccc(NCCNc3ccc([I-]c4ccccc4)cc3)cc2)cc1. The Balaban J connectivity index is 1.19. The van der Waals surface area contributed by atoms with Crippen molar-refractivity contribution in [1.29, 1.82) is 0 Å². The van der Waals surface area contributed by atoms with E-state index in [0.29, 0.717) is 0 Å². The van der Waals surface area contributed by atoms with Gasteiger partial charge in [-0.1, -0.05) is 0 Å². The van der Waals surface area contributed by atoms with Crippen molar-refractivity contribution in [3.63, 3.8) is 0 Å². The molecule has 0 saturated carbocycles. The second-order valence-electron chi connectivity index (χ2n) is 6.65. The van der Waals surface area contributed by atoms with Crippen molar-refractivity contribution in [2.75, 3.05) is 23.7 Å². The molecule has 0 unspecified atom stereocenters. The van der Waals surface area contributed by atoms with E-state index in [-0.39, 0.29) is 42.4 Å². The Morgan fingerprint density at radius 1 is 0.400 bits per heavy atom. The van der Waals surface area contributed by atoms with Crippen LogP contribution in [0.4, 0.5) is 11.4 Å². The van der Waals surface area contributed by atoms with Crippen molar-refractivity contribution < 1.29 is 42.4 Å². The molecule has 4 heteroatoms. The van der Waals surface area contributed by atoms with E-state index in [4.69, 9.17) is 0 Å². The molecule has 4 rings (SSSR count). The van der Waals surface area contributed by atoms with Crippen LogP contribution >= 0.6 is 0 Å². The van der Waals surface area contributed by atoms with Gasteiger partial charge in [0.05, 0.1) is 0 Å². The van der Waals surface area contributed by atoms with Crippen molar-refractivity contribution >= 4 is 11.4 Å². The fourth-order valence-electron chi connectivity index (χ4n) is 2.88. The summed E-state index contributed by atoms with van der Waals surface area (Å²) in [5.41, 5.74) is 2.36. The molecule has 0 radical (unpaired) electrons. The zero-order chi connectivity index (χ0) is 20.4. The van der Waals surface area contributed by atoms with Crippen molar-refractivity contribution in [3.8, 4) is 0 Å². The van der Waals surface area contributed by atoms with Crippen LogP contribution in [0.25, 0.3) is 0 Å². The van der Waals surface area contributed by atoms with Gasteiger partial charge in [0.2, 0.25) is 0 Å². The average Bonchev–Trinajstić information content (AvgIpc) is 2.80. The number of halogens is 2. The molecule has 0 heterocycles. The van der Waals surface area contributed by atoms with E-state index < -0.39 is 0 Å². The standard InChI is InChI=1S/C26H24I2N2/c1-3-7-21(8-4-1)27-23-11-15-25(16-12-23)29-19-20-30-26-17-13-24(14-18-26)28-22-9-5-2-6-10-22/h1-18,29-30H,19-20H2/q-2. The van der Waals surface area contributed by atoms with Gasteiger partial charge < -0.3 is 0 Å². The molecule has 0 saturated heterocycles. The summed E-state index contributed by atoms with van der Waals surface area (Å²) in [6, 6.07) is 39.3. The maximum absolute atomic E-state index is 3.51. The number of nitrogens with one attached hydrogen (secondary N) is 2. The second kappa shape index (κ2) is 11.4. The molecule has 2 nitrogen and oxygen atoms in total. The van der Waals surface area contributed by atoms with E-state index in [9.17, 15) is 0 Å². The Kier molecular flexibility index (Phi) is 8.02. The fourth-order valence-corrected chi connectivity index (χ4v) is 7.31. The van der Waals surface area contributed by atoms with E-state index in [1.807, 2.05) is 0 Å². The second-order valence-corrected chi connectivity index (χ2v) is 12.7.